The molecule has 2 N–H and O–H groups in total. The van der Waals surface area contributed by atoms with Crippen molar-refractivity contribution >= 4 is 18.4 Å². The maximum atomic E-state index is 9.15. The predicted octanol–water partition coefficient (Wildman–Crippen LogP) is 0.568. The van der Waals surface area contributed by atoms with E-state index in [-0.39, 0.29) is 12.6 Å². The Kier molecular flexibility index (Phi) is 4.04. The number of hydrogen-bond donors (Lipinski definition) is 2. The largest absolute Gasteiger partial charge is 0.500 e. The first-order valence-corrected chi connectivity index (χ1v) is 6.80. The Hall–Kier alpha value is -1.18. The van der Waals surface area contributed by atoms with Crippen LogP contribution in [0.1, 0.15) is 34.6 Å². The van der Waals surface area contributed by atoms with Crippen molar-refractivity contribution in [2.75, 3.05) is 11.9 Å². The summed E-state index contributed by atoms with van der Waals surface area (Å²) in [5, 5.41) is 12.3. The van der Waals surface area contributed by atoms with Gasteiger partial charge in [-0.1, -0.05) is 0 Å². The third-order valence-electron chi connectivity index (χ3n) is 3.90. The minimum Gasteiger partial charge on any atom is -0.399 e. The first-order chi connectivity index (χ1) is 9.27. The fourth-order valence-electron chi connectivity index (χ4n) is 1.88. The summed E-state index contributed by atoms with van der Waals surface area (Å²) in [6.07, 6.45) is 3.14. The fourth-order valence-corrected chi connectivity index (χ4v) is 1.88. The van der Waals surface area contributed by atoms with Crippen LogP contribution in [0.2, 0.25) is 0 Å². The number of rotatable bonds is 4. The highest BCUT2D eigenvalue weighted by Gasteiger charge is 2.52. The maximum Gasteiger partial charge on any atom is 0.500 e. The van der Waals surface area contributed by atoms with Crippen molar-refractivity contribution in [2.45, 2.75) is 51.9 Å². The van der Waals surface area contributed by atoms with E-state index in [4.69, 9.17) is 14.4 Å². The molecule has 1 aromatic heterocycles. The molecule has 1 fully saturated rings. The number of nitrogens with zero attached hydrogens (tertiary/aromatic N) is 2. The van der Waals surface area contributed by atoms with Crippen LogP contribution in [0, 0.1) is 0 Å². The topological polar surface area (TPSA) is 76.5 Å². The average molecular weight is 279 g/mol. The highest BCUT2D eigenvalue weighted by atomic mass is 16.7. The molecule has 110 valence electrons. The molecule has 1 aliphatic heterocycles. The van der Waals surface area contributed by atoms with Crippen molar-refractivity contribution in [2.24, 2.45) is 0 Å². The van der Waals surface area contributed by atoms with Gasteiger partial charge < -0.3 is 19.7 Å². The molecule has 0 spiro atoms. The van der Waals surface area contributed by atoms with Gasteiger partial charge in [0.2, 0.25) is 0 Å². The van der Waals surface area contributed by atoms with Crippen LogP contribution >= 0.6 is 0 Å². The van der Waals surface area contributed by atoms with E-state index in [0.29, 0.717) is 5.82 Å². The number of aliphatic hydroxyl groups is 1. The van der Waals surface area contributed by atoms with Crippen molar-refractivity contribution in [1.82, 2.24) is 9.97 Å². The molecular formula is C13H22BN3O3. The van der Waals surface area contributed by atoms with E-state index in [1.165, 1.54) is 6.33 Å². The molecule has 2 heterocycles. The summed E-state index contributed by atoms with van der Waals surface area (Å²) in [4.78, 5) is 8.26. The van der Waals surface area contributed by atoms with Crippen LogP contribution in [0.3, 0.4) is 0 Å². The van der Waals surface area contributed by atoms with Crippen molar-refractivity contribution in [3.05, 3.63) is 12.5 Å². The Balaban J connectivity index is 2.26. The number of anilines is 1. The minimum absolute atomic E-state index is 0.0206. The van der Waals surface area contributed by atoms with Crippen molar-refractivity contribution < 1.29 is 14.4 Å². The van der Waals surface area contributed by atoms with E-state index in [0.717, 1.165) is 5.46 Å². The minimum atomic E-state index is -0.519. The van der Waals surface area contributed by atoms with Gasteiger partial charge in [0.15, 0.2) is 0 Å². The zero-order valence-electron chi connectivity index (χ0n) is 12.7. The molecule has 0 aliphatic carbocycles. The van der Waals surface area contributed by atoms with E-state index in [1.807, 2.05) is 34.6 Å². The third-order valence-corrected chi connectivity index (χ3v) is 3.90. The fraction of sp³-hybridized carbons (Fsp3) is 0.692. The SMILES string of the molecule is C[C@@H](CO)Nc1ncncc1B1OC(C)(C)C(C)(C)O1. The lowest BCUT2D eigenvalue weighted by atomic mass is 9.80. The highest BCUT2D eigenvalue weighted by Crippen LogP contribution is 2.36. The summed E-state index contributed by atoms with van der Waals surface area (Å²) in [5.74, 6) is 0.625. The van der Waals surface area contributed by atoms with Crippen molar-refractivity contribution in [3.8, 4) is 0 Å². The molecule has 1 aromatic rings. The molecule has 1 atom stereocenters. The summed E-state index contributed by atoms with van der Waals surface area (Å²) in [6, 6.07) is -0.105. The molecule has 0 amide bonds. The van der Waals surface area contributed by atoms with Crippen molar-refractivity contribution in [3.63, 3.8) is 0 Å². The van der Waals surface area contributed by atoms with Gasteiger partial charge in [-0.3, -0.25) is 0 Å². The van der Waals surface area contributed by atoms with Gasteiger partial charge in [-0.05, 0) is 34.6 Å². The molecule has 1 saturated heterocycles. The average Bonchev–Trinajstić information content (AvgIpc) is 2.59. The van der Waals surface area contributed by atoms with E-state index in [1.54, 1.807) is 6.20 Å². The van der Waals surface area contributed by atoms with Gasteiger partial charge in [-0.25, -0.2) is 9.97 Å². The van der Waals surface area contributed by atoms with Crippen LogP contribution in [-0.2, 0) is 9.31 Å². The van der Waals surface area contributed by atoms with Gasteiger partial charge in [0.05, 0.1) is 17.8 Å². The number of aromatic nitrogens is 2. The first kappa shape index (κ1) is 15.2. The van der Waals surface area contributed by atoms with E-state index in [2.05, 4.69) is 15.3 Å². The second kappa shape index (κ2) is 5.31. The standard InChI is InChI=1S/C13H22BN3O3/c1-9(7-18)17-11-10(6-15-8-16-11)14-19-12(2,3)13(4,5)20-14/h6,8-9,18H,7H2,1-5H3,(H,15,16,17)/t9-/m0/s1. The first-order valence-electron chi connectivity index (χ1n) is 6.80. The highest BCUT2D eigenvalue weighted by molar-refractivity contribution is 6.63. The zero-order valence-corrected chi connectivity index (χ0v) is 12.7. The van der Waals surface area contributed by atoms with Crippen molar-refractivity contribution in [1.29, 1.82) is 0 Å². The quantitative estimate of drug-likeness (QED) is 0.785. The Bertz CT molecular complexity index is 466. The van der Waals surface area contributed by atoms with Gasteiger partial charge in [0.25, 0.3) is 0 Å². The van der Waals surface area contributed by atoms with Crippen LogP contribution in [-0.4, -0.2) is 46.0 Å². The molecule has 0 bridgehead atoms. The van der Waals surface area contributed by atoms with Crippen LogP contribution in [0.4, 0.5) is 5.82 Å². The van der Waals surface area contributed by atoms with Crippen LogP contribution < -0.4 is 10.8 Å². The second-order valence-corrected chi connectivity index (χ2v) is 6.14. The summed E-state index contributed by atoms with van der Waals surface area (Å²) in [5.41, 5.74) is -0.0766. The third kappa shape index (κ3) is 2.80. The molecular weight excluding hydrogens is 257 g/mol. The lowest BCUT2D eigenvalue weighted by molar-refractivity contribution is 0.00578. The number of aliphatic hydroxyl groups excluding tert-OH is 1. The summed E-state index contributed by atoms with van der Waals surface area (Å²) >= 11 is 0. The normalized spacial score (nSPS) is 21.8. The van der Waals surface area contributed by atoms with E-state index in [9.17, 15) is 0 Å². The summed E-state index contributed by atoms with van der Waals surface area (Å²) < 4.78 is 12.0. The molecule has 7 heteroatoms. The molecule has 1 aliphatic rings. The molecule has 0 aromatic carbocycles. The Morgan fingerprint density at radius 1 is 1.30 bits per heavy atom. The van der Waals surface area contributed by atoms with E-state index < -0.39 is 18.3 Å². The van der Waals surface area contributed by atoms with E-state index >= 15 is 0 Å². The molecule has 0 radical (unpaired) electrons. The lowest BCUT2D eigenvalue weighted by Crippen LogP contribution is -2.41. The zero-order chi connectivity index (χ0) is 15.0. The molecule has 0 unspecified atom stereocenters. The predicted molar refractivity (Wildman–Crippen MR) is 77.9 cm³/mol. The maximum absolute atomic E-state index is 9.15. The van der Waals surface area contributed by atoms with Gasteiger partial charge in [0.1, 0.15) is 12.1 Å². The molecule has 6 nitrogen and oxygen atoms in total. The molecule has 0 saturated carbocycles. The second-order valence-electron chi connectivity index (χ2n) is 6.14. The van der Waals surface area contributed by atoms with Gasteiger partial charge in [0, 0.05) is 17.7 Å². The number of hydrogen-bond acceptors (Lipinski definition) is 6. The Labute approximate surface area is 120 Å². The van der Waals surface area contributed by atoms with Crippen LogP contribution in [0.25, 0.3) is 0 Å². The Morgan fingerprint density at radius 3 is 2.45 bits per heavy atom. The summed E-state index contributed by atoms with van der Waals surface area (Å²) in [7, 11) is -0.519. The number of nitrogens with one attached hydrogen (secondary N) is 1. The van der Waals surface area contributed by atoms with Gasteiger partial charge in [-0.2, -0.15) is 0 Å². The van der Waals surface area contributed by atoms with Crippen LogP contribution in [0.5, 0.6) is 0 Å². The molecule has 2 rings (SSSR count). The van der Waals surface area contributed by atoms with Gasteiger partial charge >= 0.3 is 7.12 Å². The van der Waals surface area contributed by atoms with Gasteiger partial charge in [-0.15, -0.1) is 0 Å². The smallest absolute Gasteiger partial charge is 0.399 e. The summed E-state index contributed by atoms with van der Waals surface area (Å²) in [6.45, 7) is 9.89. The molecule has 20 heavy (non-hydrogen) atoms. The lowest BCUT2D eigenvalue weighted by Gasteiger charge is -2.32. The van der Waals surface area contributed by atoms with Crippen LogP contribution in [0.15, 0.2) is 12.5 Å². The Morgan fingerprint density at radius 2 is 1.90 bits per heavy atom. The monoisotopic (exact) mass is 279 g/mol.